The largest absolute Gasteiger partial charge is 0.457 e. The predicted molar refractivity (Wildman–Crippen MR) is 293 cm³/mol. The molecule has 4 aliphatic rings. The van der Waals surface area contributed by atoms with Crippen LogP contribution in [0.4, 0.5) is 17.1 Å². The van der Waals surface area contributed by atoms with Crippen molar-refractivity contribution in [3.63, 3.8) is 0 Å². The van der Waals surface area contributed by atoms with Crippen LogP contribution in [0.15, 0.2) is 263 Å². The molecule has 0 saturated heterocycles. The maximum atomic E-state index is 6.68. The molecule has 0 fully saturated rings. The molecular formula is C68H41NO2S. The van der Waals surface area contributed by atoms with E-state index < -0.39 is 10.8 Å². The lowest BCUT2D eigenvalue weighted by Gasteiger charge is -2.39. The number of furan rings is 1. The van der Waals surface area contributed by atoms with Crippen LogP contribution >= 0.6 is 11.8 Å². The number of hydrogen-bond donors (Lipinski definition) is 0. The maximum Gasteiger partial charge on any atom is 0.136 e. The maximum absolute atomic E-state index is 6.68. The molecule has 0 atom stereocenters. The van der Waals surface area contributed by atoms with Gasteiger partial charge in [-0.15, -0.1) is 0 Å². The van der Waals surface area contributed by atoms with Crippen molar-refractivity contribution < 1.29 is 9.15 Å². The third-order valence-corrected chi connectivity index (χ3v) is 17.2. The van der Waals surface area contributed by atoms with Crippen molar-refractivity contribution in [3.8, 4) is 44.9 Å². The van der Waals surface area contributed by atoms with Gasteiger partial charge in [0.1, 0.15) is 22.7 Å². The van der Waals surface area contributed by atoms with Crippen molar-refractivity contribution in [2.75, 3.05) is 4.90 Å². The number of ether oxygens (including phenoxy) is 1. The Balaban J connectivity index is 0.911. The highest BCUT2D eigenvalue weighted by molar-refractivity contribution is 7.99. The van der Waals surface area contributed by atoms with Crippen LogP contribution in [0.1, 0.15) is 44.5 Å². The second-order valence-corrected chi connectivity index (χ2v) is 20.5. The third kappa shape index (κ3) is 5.26. The van der Waals surface area contributed by atoms with Crippen LogP contribution < -0.4 is 9.64 Å². The van der Waals surface area contributed by atoms with Crippen LogP contribution in [0, 0.1) is 0 Å². The van der Waals surface area contributed by atoms with Crippen LogP contribution in [0.25, 0.3) is 55.3 Å². The van der Waals surface area contributed by atoms with E-state index in [-0.39, 0.29) is 0 Å². The van der Waals surface area contributed by atoms with Gasteiger partial charge >= 0.3 is 0 Å². The Bertz CT molecular complexity index is 3970. The van der Waals surface area contributed by atoms with Gasteiger partial charge in [-0.2, -0.15) is 0 Å². The number of hydrogen-bond acceptors (Lipinski definition) is 4. The summed E-state index contributed by atoms with van der Waals surface area (Å²) in [4.78, 5) is 5.06. The SMILES string of the molecule is c1ccc2c(c1)Oc1ccccc1C21c2ccccc2-c2cc(N(c3ccc(-c4ccc5c(c4)oc4ccccc45)cc3)c3ccc4c(c3)-c3ccccc3C43c4ccccc4Sc4ccccc43)ccc21. The summed E-state index contributed by atoms with van der Waals surface area (Å²) in [6.45, 7) is 0. The highest BCUT2D eigenvalue weighted by Crippen LogP contribution is 2.65. The smallest absolute Gasteiger partial charge is 0.136 e. The van der Waals surface area contributed by atoms with E-state index in [1.54, 1.807) is 0 Å². The van der Waals surface area contributed by atoms with Gasteiger partial charge in [0, 0.05) is 48.8 Å². The highest BCUT2D eigenvalue weighted by Gasteiger charge is 2.52. The fourth-order valence-corrected chi connectivity index (χ4v) is 14.3. The Morgan fingerprint density at radius 1 is 0.306 bits per heavy atom. The summed E-state index contributed by atoms with van der Waals surface area (Å²) in [6.07, 6.45) is 0. The zero-order valence-corrected chi connectivity index (χ0v) is 39.7. The molecule has 11 aromatic carbocycles. The number of benzene rings is 11. The molecule has 72 heavy (non-hydrogen) atoms. The third-order valence-electron chi connectivity index (χ3n) is 16.0. The lowest BCUT2D eigenvalue weighted by Crippen LogP contribution is -2.32. The van der Waals surface area contributed by atoms with E-state index >= 15 is 0 Å². The molecule has 0 radical (unpaired) electrons. The van der Waals surface area contributed by atoms with Gasteiger partial charge < -0.3 is 14.1 Å². The lowest BCUT2D eigenvalue weighted by atomic mass is 9.66. The van der Waals surface area contributed by atoms with Crippen molar-refractivity contribution >= 4 is 50.8 Å². The molecule has 2 aliphatic carbocycles. The second-order valence-electron chi connectivity index (χ2n) is 19.4. The van der Waals surface area contributed by atoms with E-state index in [0.717, 1.165) is 72.8 Å². The van der Waals surface area contributed by atoms with E-state index in [1.807, 2.05) is 23.9 Å². The minimum atomic E-state index is -0.556. The molecule has 3 heterocycles. The average Bonchev–Trinajstić information content (AvgIpc) is 4.06. The summed E-state index contributed by atoms with van der Waals surface area (Å²) < 4.78 is 13.0. The minimum absolute atomic E-state index is 0.460. The van der Waals surface area contributed by atoms with Crippen LogP contribution in [0.3, 0.4) is 0 Å². The molecule has 1 aromatic heterocycles. The van der Waals surface area contributed by atoms with E-state index in [4.69, 9.17) is 9.15 Å². The first-order chi connectivity index (χ1) is 35.7. The van der Waals surface area contributed by atoms with Crippen molar-refractivity contribution in [3.05, 3.63) is 293 Å². The first kappa shape index (κ1) is 40.0. The number of nitrogens with zero attached hydrogens (tertiary/aromatic N) is 1. The van der Waals surface area contributed by atoms with Crippen LogP contribution in [0.2, 0.25) is 0 Å². The number of para-hydroxylation sites is 3. The van der Waals surface area contributed by atoms with E-state index in [2.05, 4.69) is 241 Å². The molecule has 2 aliphatic heterocycles. The predicted octanol–water partition coefficient (Wildman–Crippen LogP) is 18.0. The summed E-state index contributed by atoms with van der Waals surface area (Å²) in [7, 11) is 0. The molecule has 2 spiro atoms. The normalized spacial score (nSPS) is 14.4. The molecule has 3 nitrogen and oxygen atoms in total. The molecule has 0 N–H and O–H groups in total. The van der Waals surface area contributed by atoms with E-state index in [0.29, 0.717) is 0 Å². The van der Waals surface area contributed by atoms with Crippen LogP contribution in [-0.2, 0) is 10.8 Å². The molecule has 336 valence electrons. The molecule has 16 rings (SSSR count). The number of anilines is 3. The molecular weight excluding hydrogens is 895 g/mol. The first-order valence-corrected chi connectivity index (χ1v) is 25.5. The summed E-state index contributed by atoms with van der Waals surface area (Å²) in [5.74, 6) is 1.78. The molecule has 4 heteroatoms. The Kier molecular flexibility index (Phi) is 8.24. The second kappa shape index (κ2) is 14.8. The Morgan fingerprint density at radius 3 is 1.36 bits per heavy atom. The summed E-state index contributed by atoms with van der Waals surface area (Å²) in [5, 5.41) is 2.26. The van der Waals surface area contributed by atoms with Gasteiger partial charge in [-0.05, 0) is 146 Å². The van der Waals surface area contributed by atoms with Gasteiger partial charge in [-0.25, -0.2) is 0 Å². The summed E-state index contributed by atoms with van der Waals surface area (Å²) in [6, 6.07) is 91.6. The fraction of sp³-hybridized carbons (Fsp3) is 0.0294. The van der Waals surface area contributed by atoms with E-state index in [1.165, 1.54) is 65.4 Å². The topological polar surface area (TPSA) is 25.6 Å². The zero-order chi connectivity index (χ0) is 47.1. The van der Waals surface area contributed by atoms with Gasteiger partial charge in [0.2, 0.25) is 0 Å². The van der Waals surface area contributed by atoms with Gasteiger partial charge in [0.15, 0.2) is 0 Å². The molecule has 0 unspecified atom stereocenters. The highest BCUT2D eigenvalue weighted by atomic mass is 32.2. The minimum Gasteiger partial charge on any atom is -0.457 e. The van der Waals surface area contributed by atoms with Crippen molar-refractivity contribution in [2.45, 2.75) is 20.6 Å². The van der Waals surface area contributed by atoms with Crippen molar-refractivity contribution in [2.24, 2.45) is 0 Å². The van der Waals surface area contributed by atoms with Crippen LogP contribution in [-0.4, -0.2) is 0 Å². The van der Waals surface area contributed by atoms with Gasteiger partial charge in [-0.3, -0.25) is 0 Å². The standard InChI is InChI=1S/C68H41NO2S/c1-4-18-53-47(15-1)51-40-45(34-37-55(51)67(53)57-20-6-11-25-62(57)71-63-26-12-7-21-58(63)67)69(44-32-29-42(30-33-44)43-31-36-50-49-17-3-10-24-61(49)70-64(50)39-43)46-35-38-56-52(41-46)48-16-2-5-19-54(48)68(56)59-22-8-13-27-65(59)72-66-28-14-9-23-60(66)68/h1-41H. The quantitative estimate of drug-likeness (QED) is 0.176. The van der Waals surface area contributed by atoms with Gasteiger partial charge in [0.25, 0.3) is 0 Å². The van der Waals surface area contributed by atoms with Gasteiger partial charge in [-0.1, -0.05) is 182 Å². The Labute approximate surface area is 421 Å². The van der Waals surface area contributed by atoms with E-state index in [9.17, 15) is 0 Å². The summed E-state index contributed by atoms with van der Waals surface area (Å²) in [5.41, 5.74) is 21.4. The number of rotatable bonds is 4. The average molecular weight is 936 g/mol. The monoisotopic (exact) mass is 935 g/mol. The van der Waals surface area contributed by atoms with Crippen LogP contribution in [0.5, 0.6) is 11.5 Å². The molecule has 12 aromatic rings. The molecule has 0 bridgehead atoms. The Hall–Kier alpha value is -8.83. The summed E-state index contributed by atoms with van der Waals surface area (Å²) >= 11 is 1.88. The first-order valence-electron chi connectivity index (χ1n) is 24.7. The van der Waals surface area contributed by atoms with Crippen molar-refractivity contribution in [1.82, 2.24) is 0 Å². The Morgan fingerprint density at radius 2 is 0.750 bits per heavy atom. The molecule has 0 saturated carbocycles. The number of fused-ring (bicyclic) bond motifs is 21. The van der Waals surface area contributed by atoms with Crippen molar-refractivity contribution in [1.29, 1.82) is 0 Å². The zero-order valence-electron chi connectivity index (χ0n) is 38.8. The fourth-order valence-electron chi connectivity index (χ4n) is 13.1. The lowest BCUT2D eigenvalue weighted by molar-refractivity contribution is 0.436. The van der Waals surface area contributed by atoms with Gasteiger partial charge in [0.05, 0.1) is 10.8 Å². The molecule has 0 amide bonds.